The van der Waals surface area contributed by atoms with Crippen LogP contribution in [0.15, 0.2) is 10.8 Å². The summed E-state index contributed by atoms with van der Waals surface area (Å²) in [6.45, 7) is 1.93. The summed E-state index contributed by atoms with van der Waals surface area (Å²) in [6, 6.07) is 0. The summed E-state index contributed by atoms with van der Waals surface area (Å²) < 4.78 is 15.7. The van der Waals surface area contributed by atoms with Crippen molar-refractivity contribution in [1.29, 1.82) is 0 Å². The Balaban J connectivity index is 3.29. The molecule has 0 atom stereocenters. The highest BCUT2D eigenvalue weighted by molar-refractivity contribution is 6.76. The first-order valence-corrected chi connectivity index (χ1v) is 7.03. The molecule has 0 aromatic carbocycles. The summed E-state index contributed by atoms with van der Waals surface area (Å²) >= 11 is 0. The molecule has 0 aliphatic carbocycles. The van der Waals surface area contributed by atoms with Crippen molar-refractivity contribution in [3.63, 3.8) is 0 Å². The van der Waals surface area contributed by atoms with E-state index in [0.717, 1.165) is 6.42 Å². The van der Waals surface area contributed by atoms with E-state index in [4.69, 9.17) is 13.3 Å². The standard InChI is InChI=1S/C10H17NO5Si/c1-5-6-7-8(10(13)11-9(7)12)17(14-2,15-3)16-4/h5-6H2,1-4H3,(H,11,12,13). The van der Waals surface area contributed by atoms with E-state index < -0.39 is 14.7 Å². The van der Waals surface area contributed by atoms with E-state index >= 15 is 0 Å². The monoisotopic (exact) mass is 259 g/mol. The SMILES string of the molecule is CCCC1=C([Si](OC)(OC)OC)C(=O)NC1=O. The molecule has 0 aromatic rings. The van der Waals surface area contributed by atoms with Gasteiger partial charge in [-0.3, -0.25) is 14.9 Å². The average molecular weight is 259 g/mol. The van der Waals surface area contributed by atoms with Crippen LogP contribution in [0.3, 0.4) is 0 Å². The lowest BCUT2D eigenvalue weighted by Crippen LogP contribution is -2.48. The van der Waals surface area contributed by atoms with Crippen LogP contribution >= 0.6 is 0 Å². The van der Waals surface area contributed by atoms with Crippen molar-refractivity contribution in [3.05, 3.63) is 10.8 Å². The van der Waals surface area contributed by atoms with Crippen LogP contribution in [-0.2, 0) is 22.9 Å². The topological polar surface area (TPSA) is 73.9 Å². The average Bonchev–Trinajstić information content (AvgIpc) is 2.60. The maximum atomic E-state index is 11.8. The normalized spacial score (nSPS) is 16.7. The molecule has 17 heavy (non-hydrogen) atoms. The molecule has 1 heterocycles. The molecule has 7 heteroatoms. The van der Waals surface area contributed by atoms with E-state index in [0.29, 0.717) is 12.0 Å². The fourth-order valence-electron chi connectivity index (χ4n) is 1.86. The second-order valence-electron chi connectivity index (χ2n) is 3.56. The van der Waals surface area contributed by atoms with Crippen LogP contribution in [0.4, 0.5) is 0 Å². The number of hydrogen-bond acceptors (Lipinski definition) is 5. The van der Waals surface area contributed by atoms with E-state index in [-0.39, 0.29) is 11.1 Å². The summed E-state index contributed by atoms with van der Waals surface area (Å²) in [7, 11) is 0.983. The molecule has 0 saturated heterocycles. The van der Waals surface area contributed by atoms with Crippen molar-refractivity contribution in [3.8, 4) is 0 Å². The second-order valence-corrected chi connectivity index (χ2v) is 6.39. The van der Waals surface area contributed by atoms with Gasteiger partial charge < -0.3 is 13.3 Å². The van der Waals surface area contributed by atoms with Crippen LogP contribution in [0.5, 0.6) is 0 Å². The van der Waals surface area contributed by atoms with E-state index in [1.165, 1.54) is 21.3 Å². The number of carbonyl (C=O) groups is 2. The Labute approximate surface area is 101 Å². The molecular formula is C10H17NO5Si. The van der Waals surface area contributed by atoms with E-state index in [2.05, 4.69) is 5.32 Å². The van der Waals surface area contributed by atoms with Gasteiger partial charge in [-0.1, -0.05) is 13.3 Å². The Morgan fingerprint density at radius 3 is 2.00 bits per heavy atom. The van der Waals surface area contributed by atoms with Crippen LogP contribution < -0.4 is 5.32 Å². The number of hydrogen-bond donors (Lipinski definition) is 1. The van der Waals surface area contributed by atoms with Gasteiger partial charge in [0.15, 0.2) is 0 Å². The molecule has 0 unspecified atom stereocenters. The van der Waals surface area contributed by atoms with Gasteiger partial charge in [0.05, 0.1) is 5.20 Å². The summed E-state index contributed by atoms with van der Waals surface area (Å²) in [5.74, 6) is -0.856. The maximum Gasteiger partial charge on any atom is 0.542 e. The zero-order valence-corrected chi connectivity index (χ0v) is 11.5. The minimum Gasteiger partial charge on any atom is -0.373 e. The molecule has 96 valence electrons. The minimum atomic E-state index is -3.24. The van der Waals surface area contributed by atoms with Crippen LogP contribution in [0, 0.1) is 0 Å². The van der Waals surface area contributed by atoms with Gasteiger partial charge in [0.1, 0.15) is 0 Å². The predicted molar refractivity (Wildman–Crippen MR) is 61.9 cm³/mol. The Morgan fingerprint density at radius 1 is 1.06 bits per heavy atom. The lowest BCUT2D eigenvalue weighted by Gasteiger charge is -2.24. The smallest absolute Gasteiger partial charge is 0.373 e. The molecule has 1 aliphatic heterocycles. The van der Waals surface area contributed by atoms with Gasteiger partial charge in [-0.05, 0) is 6.42 Å². The van der Waals surface area contributed by atoms with Crippen LogP contribution in [-0.4, -0.2) is 41.9 Å². The number of amides is 2. The second kappa shape index (κ2) is 5.54. The van der Waals surface area contributed by atoms with Crippen molar-refractivity contribution >= 4 is 20.6 Å². The third kappa shape index (κ3) is 2.32. The highest BCUT2D eigenvalue weighted by atomic mass is 28.4. The lowest BCUT2D eigenvalue weighted by atomic mass is 10.1. The van der Waals surface area contributed by atoms with E-state index in [1.54, 1.807) is 0 Å². The number of nitrogens with one attached hydrogen (secondary N) is 1. The Kier molecular flexibility index (Phi) is 4.58. The lowest BCUT2D eigenvalue weighted by molar-refractivity contribution is -0.124. The predicted octanol–water partition coefficient (Wildman–Crippen LogP) is 0.157. The first-order chi connectivity index (χ1) is 8.06. The van der Waals surface area contributed by atoms with Crippen molar-refractivity contribution in [2.45, 2.75) is 19.8 Å². The molecule has 6 nitrogen and oxygen atoms in total. The summed E-state index contributed by atoms with van der Waals surface area (Å²) in [5, 5.41) is 2.49. The van der Waals surface area contributed by atoms with Gasteiger partial charge in [-0.2, -0.15) is 0 Å². The minimum absolute atomic E-state index is 0.233. The summed E-state index contributed by atoms with van der Waals surface area (Å²) in [4.78, 5) is 23.4. The maximum absolute atomic E-state index is 11.8. The Hall–Kier alpha value is -1.02. The number of carbonyl (C=O) groups excluding carboxylic acids is 2. The third-order valence-corrected chi connectivity index (χ3v) is 5.40. The zero-order chi connectivity index (χ0) is 13.1. The molecule has 1 N–H and O–H groups in total. The van der Waals surface area contributed by atoms with E-state index in [9.17, 15) is 9.59 Å². The molecular weight excluding hydrogens is 242 g/mol. The fraction of sp³-hybridized carbons (Fsp3) is 0.600. The van der Waals surface area contributed by atoms with E-state index in [1.807, 2.05) is 6.92 Å². The van der Waals surface area contributed by atoms with Crippen molar-refractivity contribution < 1.29 is 22.9 Å². The van der Waals surface area contributed by atoms with Crippen LogP contribution in [0.2, 0.25) is 0 Å². The van der Waals surface area contributed by atoms with Gasteiger partial charge >= 0.3 is 8.80 Å². The van der Waals surface area contributed by atoms with Crippen LogP contribution in [0.1, 0.15) is 19.8 Å². The first-order valence-electron chi connectivity index (χ1n) is 5.31. The molecule has 2 amide bonds. The largest absolute Gasteiger partial charge is 0.542 e. The highest BCUT2D eigenvalue weighted by Gasteiger charge is 2.52. The van der Waals surface area contributed by atoms with Gasteiger partial charge in [-0.15, -0.1) is 0 Å². The van der Waals surface area contributed by atoms with Gasteiger partial charge in [0.2, 0.25) is 0 Å². The summed E-state index contributed by atoms with van der Waals surface area (Å²) in [6.07, 6.45) is 1.25. The zero-order valence-electron chi connectivity index (χ0n) is 10.5. The molecule has 0 spiro atoms. The molecule has 1 aliphatic rings. The van der Waals surface area contributed by atoms with Crippen LogP contribution in [0.25, 0.3) is 0 Å². The Bertz CT molecular complexity index is 353. The number of rotatable bonds is 6. The molecule has 0 bridgehead atoms. The fourth-order valence-corrected chi connectivity index (χ4v) is 3.92. The molecule has 0 aromatic heterocycles. The summed E-state index contributed by atoms with van der Waals surface area (Å²) in [5.41, 5.74) is 0.412. The van der Waals surface area contributed by atoms with Crippen molar-refractivity contribution in [2.75, 3.05) is 21.3 Å². The quantitative estimate of drug-likeness (QED) is 0.543. The van der Waals surface area contributed by atoms with Gasteiger partial charge in [0.25, 0.3) is 11.8 Å². The van der Waals surface area contributed by atoms with Crippen molar-refractivity contribution in [1.82, 2.24) is 5.32 Å². The molecule has 0 fully saturated rings. The third-order valence-electron chi connectivity index (χ3n) is 2.64. The first kappa shape index (κ1) is 14.0. The van der Waals surface area contributed by atoms with Crippen molar-refractivity contribution in [2.24, 2.45) is 0 Å². The number of imide groups is 1. The molecule has 1 rings (SSSR count). The highest BCUT2D eigenvalue weighted by Crippen LogP contribution is 2.27. The van der Waals surface area contributed by atoms with Gasteiger partial charge in [-0.25, -0.2) is 0 Å². The molecule has 0 radical (unpaired) electrons. The Morgan fingerprint density at radius 2 is 1.59 bits per heavy atom. The van der Waals surface area contributed by atoms with Gasteiger partial charge in [0, 0.05) is 26.9 Å². The molecule has 0 saturated carbocycles.